The highest BCUT2D eigenvalue weighted by molar-refractivity contribution is 6.05. The van der Waals surface area contributed by atoms with Gasteiger partial charge in [0, 0.05) is 43.3 Å². The van der Waals surface area contributed by atoms with Gasteiger partial charge in [0.15, 0.2) is 0 Å². The summed E-state index contributed by atoms with van der Waals surface area (Å²) in [5, 5.41) is 3.70. The molecule has 198 valence electrons. The number of halogens is 3. The van der Waals surface area contributed by atoms with E-state index in [2.05, 4.69) is 10.1 Å². The van der Waals surface area contributed by atoms with Gasteiger partial charge in [-0.3, -0.25) is 9.59 Å². The van der Waals surface area contributed by atoms with Gasteiger partial charge in [-0.2, -0.15) is 0 Å². The largest absolute Gasteiger partial charge is 0.573 e. The first-order chi connectivity index (χ1) is 17.7. The van der Waals surface area contributed by atoms with E-state index < -0.39 is 18.0 Å². The summed E-state index contributed by atoms with van der Waals surface area (Å²) < 4.78 is 48.3. The zero-order valence-corrected chi connectivity index (χ0v) is 20.8. The Morgan fingerprint density at radius 3 is 2.41 bits per heavy atom. The molecule has 2 amide bonds. The number of carbonyl (C=O) groups excluding carboxylic acids is 2. The van der Waals surface area contributed by atoms with Crippen LogP contribution in [0.3, 0.4) is 0 Å². The van der Waals surface area contributed by atoms with Crippen molar-refractivity contribution in [1.82, 2.24) is 4.57 Å². The Labute approximate surface area is 213 Å². The highest BCUT2D eigenvalue weighted by Crippen LogP contribution is 2.31. The zero-order valence-electron chi connectivity index (χ0n) is 20.8. The molecule has 0 bridgehead atoms. The number of carbonyl (C=O) groups is 2. The first-order valence-electron chi connectivity index (χ1n) is 12.2. The number of nitrogens with one attached hydrogen (secondary N) is 1. The lowest BCUT2D eigenvalue weighted by Crippen LogP contribution is -2.33. The van der Waals surface area contributed by atoms with E-state index in [0.29, 0.717) is 19.0 Å². The van der Waals surface area contributed by atoms with E-state index in [9.17, 15) is 22.8 Å². The molecule has 0 saturated heterocycles. The fourth-order valence-electron chi connectivity index (χ4n) is 4.73. The third kappa shape index (κ3) is 6.43. The summed E-state index contributed by atoms with van der Waals surface area (Å²) >= 11 is 0. The van der Waals surface area contributed by atoms with Crippen molar-refractivity contribution < 1.29 is 32.2 Å². The summed E-state index contributed by atoms with van der Waals surface area (Å²) in [6.07, 6.45) is 0.339. The summed E-state index contributed by atoms with van der Waals surface area (Å²) in [6, 6.07) is 12.2. The van der Waals surface area contributed by atoms with E-state index in [4.69, 9.17) is 4.74 Å². The topological polar surface area (TPSA) is 72.8 Å². The Kier molecular flexibility index (Phi) is 8.06. The summed E-state index contributed by atoms with van der Waals surface area (Å²) in [6.45, 7) is 0.828. The molecule has 37 heavy (non-hydrogen) atoms. The Bertz CT molecular complexity index is 1250. The van der Waals surface area contributed by atoms with Crippen LogP contribution < -0.4 is 15.0 Å². The summed E-state index contributed by atoms with van der Waals surface area (Å²) in [7, 11) is 3.37. The number of amides is 2. The van der Waals surface area contributed by atoms with Crippen molar-refractivity contribution in [3.8, 4) is 5.75 Å². The maximum Gasteiger partial charge on any atom is 0.573 e. The monoisotopic (exact) mass is 517 g/mol. The number of ether oxygens (including phenoxy) is 2. The number of rotatable bonds is 8. The van der Waals surface area contributed by atoms with Gasteiger partial charge in [0.05, 0.1) is 12.1 Å². The second-order valence-electron chi connectivity index (χ2n) is 9.18. The van der Waals surface area contributed by atoms with Crippen molar-refractivity contribution in [3.63, 3.8) is 0 Å². The van der Waals surface area contributed by atoms with E-state index in [1.54, 1.807) is 19.1 Å². The van der Waals surface area contributed by atoms with Gasteiger partial charge < -0.3 is 24.3 Å². The number of anilines is 2. The number of hydrogen-bond acceptors (Lipinski definition) is 4. The quantitative estimate of drug-likeness (QED) is 0.399. The minimum atomic E-state index is -4.81. The predicted octanol–water partition coefficient (Wildman–Crippen LogP) is 5.98. The van der Waals surface area contributed by atoms with Gasteiger partial charge in [0.1, 0.15) is 11.6 Å². The smallest absolute Gasteiger partial charge is 0.406 e. The lowest BCUT2D eigenvalue weighted by Gasteiger charge is -2.26. The van der Waals surface area contributed by atoms with E-state index in [0.717, 1.165) is 54.4 Å². The van der Waals surface area contributed by atoms with Crippen LogP contribution in [0.25, 0.3) is 10.9 Å². The molecule has 0 radical (unpaired) electrons. The van der Waals surface area contributed by atoms with Gasteiger partial charge in [0.25, 0.3) is 5.91 Å². The molecule has 7 nitrogen and oxygen atoms in total. The van der Waals surface area contributed by atoms with Crippen LogP contribution in [0.4, 0.5) is 24.7 Å². The SMILES string of the molecule is COCCn1c(NC(=O)c2ccc(OC(F)(F)F)cc2)cc2ccc(N(C)C(=O)C3CCCCC3)cc21. The standard InChI is InChI=1S/C27H30F3N3O4/c1-32(26(35)19-6-4-3-5-7-19)21-11-8-20-16-24(33(14-15-36-2)23(20)17-21)31-25(34)18-9-12-22(13-10-18)37-27(28,29)30/h8-13,16-17,19H,3-7,14-15H2,1-2H3,(H,31,34). The van der Waals surface area contributed by atoms with Crippen molar-refractivity contribution in [3.05, 3.63) is 54.1 Å². The molecule has 2 aromatic carbocycles. The lowest BCUT2D eigenvalue weighted by atomic mass is 9.88. The molecule has 1 fully saturated rings. The molecule has 0 atom stereocenters. The minimum Gasteiger partial charge on any atom is -0.406 e. The molecule has 1 aliphatic rings. The highest BCUT2D eigenvalue weighted by Gasteiger charge is 2.31. The summed E-state index contributed by atoms with van der Waals surface area (Å²) in [4.78, 5) is 27.7. The average Bonchev–Trinajstić information content (AvgIpc) is 3.22. The van der Waals surface area contributed by atoms with Crippen molar-refractivity contribution in [1.29, 1.82) is 0 Å². The van der Waals surface area contributed by atoms with Gasteiger partial charge in [-0.15, -0.1) is 13.2 Å². The normalized spacial score (nSPS) is 14.5. The molecule has 10 heteroatoms. The number of alkyl halides is 3. The van der Waals surface area contributed by atoms with Crippen LogP contribution in [0.1, 0.15) is 42.5 Å². The van der Waals surface area contributed by atoms with Crippen molar-refractivity contribution in [2.75, 3.05) is 31.0 Å². The van der Waals surface area contributed by atoms with Crippen molar-refractivity contribution in [2.24, 2.45) is 5.92 Å². The third-order valence-electron chi connectivity index (χ3n) is 6.67. The third-order valence-corrected chi connectivity index (χ3v) is 6.67. The Balaban J connectivity index is 1.58. The van der Waals surface area contributed by atoms with E-state index in [1.807, 2.05) is 28.8 Å². The molecule has 1 saturated carbocycles. The average molecular weight is 518 g/mol. The highest BCUT2D eigenvalue weighted by atomic mass is 19.4. The van der Waals surface area contributed by atoms with E-state index in [1.165, 1.54) is 18.6 Å². The van der Waals surface area contributed by atoms with Gasteiger partial charge in [-0.1, -0.05) is 25.3 Å². The number of benzene rings is 2. The Hall–Kier alpha value is -3.53. The second-order valence-corrected chi connectivity index (χ2v) is 9.18. The van der Waals surface area contributed by atoms with Gasteiger partial charge in [0.2, 0.25) is 5.91 Å². The van der Waals surface area contributed by atoms with Gasteiger partial charge in [-0.25, -0.2) is 0 Å². The minimum absolute atomic E-state index is 0.0393. The van der Waals surface area contributed by atoms with E-state index in [-0.39, 0.29) is 17.4 Å². The molecule has 1 heterocycles. The van der Waals surface area contributed by atoms with Crippen LogP contribution in [-0.2, 0) is 16.1 Å². The number of fused-ring (bicyclic) bond motifs is 1. The van der Waals surface area contributed by atoms with Crippen molar-refractivity contribution in [2.45, 2.75) is 45.0 Å². The zero-order chi connectivity index (χ0) is 26.6. The molecule has 4 rings (SSSR count). The molecular formula is C27H30F3N3O4. The summed E-state index contributed by atoms with van der Waals surface area (Å²) in [5.41, 5.74) is 1.76. The van der Waals surface area contributed by atoms with Crippen LogP contribution in [0.5, 0.6) is 5.75 Å². The van der Waals surface area contributed by atoms with Crippen LogP contribution >= 0.6 is 0 Å². The van der Waals surface area contributed by atoms with Crippen LogP contribution in [0, 0.1) is 5.92 Å². The molecule has 3 aromatic rings. The molecule has 0 unspecified atom stereocenters. The Morgan fingerprint density at radius 1 is 1.05 bits per heavy atom. The molecule has 1 aromatic heterocycles. The molecular weight excluding hydrogens is 487 g/mol. The van der Waals surface area contributed by atoms with E-state index >= 15 is 0 Å². The molecule has 1 N–H and O–H groups in total. The molecule has 0 aliphatic heterocycles. The first kappa shape index (κ1) is 26.5. The Morgan fingerprint density at radius 2 is 1.76 bits per heavy atom. The van der Waals surface area contributed by atoms with Crippen LogP contribution in [0.2, 0.25) is 0 Å². The van der Waals surface area contributed by atoms with Crippen LogP contribution in [0.15, 0.2) is 48.5 Å². The fraction of sp³-hybridized carbons (Fsp3) is 0.407. The maximum absolute atomic E-state index is 13.1. The van der Waals surface area contributed by atoms with Crippen molar-refractivity contribution >= 4 is 34.2 Å². The maximum atomic E-state index is 13.1. The van der Waals surface area contributed by atoms with Gasteiger partial charge >= 0.3 is 6.36 Å². The predicted molar refractivity (Wildman–Crippen MR) is 135 cm³/mol. The first-order valence-corrected chi connectivity index (χ1v) is 12.2. The molecule has 0 spiro atoms. The van der Waals surface area contributed by atoms with Crippen LogP contribution in [-0.4, -0.2) is 43.5 Å². The molecule has 1 aliphatic carbocycles. The fourth-order valence-corrected chi connectivity index (χ4v) is 4.73. The van der Waals surface area contributed by atoms with Gasteiger partial charge in [-0.05, 0) is 55.3 Å². The second kappa shape index (κ2) is 11.2. The lowest BCUT2D eigenvalue weighted by molar-refractivity contribution is -0.274. The number of methoxy groups -OCH3 is 1. The number of hydrogen-bond donors (Lipinski definition) is 1. The number of nitrogens with zero attached hydrogens (tertiary/aromatic N) is 2. The summed E-state index contributed by atoms with van der Waals surface area (Å²) in [5.74, 6) is -0.230. The number of aromatic nitrogens is 1.